The average molecular weight is 363 g/mol. The predicted octanol–water partition coefficient (Wildman–Crippen LogP) is 3.76. The van der Waals surface area contributed by atoms with Gasteiger partial charge in [-0.25, -0.2) is 9.48 Å². The van der Waals surface area contributed by atoms with Crippen molar-refractivity contribution in [2.45, 2.75) is 72.3 Å². The molecule has 6 heteroatoms. The van der Waals surface area contributed by atoms with E-state index in [2.05, 4.69) is 48.0 Å². The number of carbonyl (C=O) groups is 1. The van der Waals surface area contributed by atoms with Crippen LogP contribution in [0.15, 0.2) is 0 Å². The van der Waals surface area contributed by atoms with Crippen LogP contribution in [0.5, 0.6) is 0 Å². The maximum absolute atomic E-state index is 11.9. The topological polar surface area (TPSA) is 69.0 Å². The number of carbonyl (C=O) groups excluding carboxylic acids is 1. The molecule has 0 saturated heterocycles. The predicted molar refractivity (Wildman–Crippen MR) is 101 cm³/mol. The molecule has 3 rings (SSSR count). The molecule has 0 aliphatic heterocycles. The fourth-order valence-electron chi connectivity index (χ4n) is 4.37. The molecule has 1 heterocycles. The van der Waals surface area contributed by atoms with Crippen LogP contribution in [-0.4, -0.2) is 34.2 Å². The number of amides is 1. The van der Waals surface area contributed by atoms with Gasteiger partial charge in [-0.3, -0.25) is 0 Å². The van der Waals surface area contributed by atoms with Crippen molar-refractivity contribution in [3.63, 3.8) is 0 Å². The van der Waals surface area contributed by atoms with Gasteiger partial charge in [0.25, 0.3) is 0 Å². The molecule has 3 atom stereocenters. The lowest BCUT2D eigenvalue weighted by Gasteiger charge is -2.12. The Hall–Kier alpha value is -1.59. The molecule has 1 aromatic rings. The quantitative estimate of drug-likeness (QED) is 0.750. The van der Waals surface area contributed by atoms with Gasteiger partial charge in [0, 0.05) is 12.6 Å². The Balaban J connectivity index is 1.41. The van der Waals surface area contributed by atoms with Crippen LogP contribution in [0.25, 0.3) is 0 Å². The van der Waals surface area contributed by atoms with E-state index in [0.717, 1.165) is 38.5 Å². The van der Waals surface area contributed by atoms with E-state index >= 15 is 0 Å². The first-order valence-electron chi connectivity index (χ1n) is 10.3. The van der Waals surface area contributed by atoms with E-state index in [-0.39, 0.29) is 6.09 Å². The minimum Gasteiger partial charge on any atom is -0.449 e. The van der Waals surface area contributed by atoms with Crippen molar-refractivity contribution in [3.05, 3.63) is 11.4 Å². The Morgan fingerprint density at radius 1 is 1.23 bits per heavy atom. The van der Waals surface area contributed by atoms with E-state index in [4.69, 9.17) is 4.74 Å². The molecule has 0 bridgehead atoms. The van der Waals surface area contributed by atoms with Crippen molar-refractivity contribution in [1.82, 2.24) is 20.3 Å². The zero-order valence-electron chi connectivity index (χ0n) is 16.7. The zero-order valence-corrected chi connectivity index (χ0v) is 16.7. The highest BCUT2D eigenvalue weighted by molar-refractivity contribution is 5.67. The highest BCUT2D eigenvalue weighted by Gasteiger charge is 2.50. The second-order valence-electron chi connectivity index (χ2n) is 8.65. The lowest BCUT2D eigenvalue weighted by molar-refractivity contribution is 0.137. The molecule has 146 valence electrons. The first kappa shape index (κ1) is 19.2. The number of aryl methyl sites for hydroxylation is 1. The minimum absolute atomic E-state index is 0.256. The molecular weight excluding hydrogens is 328 g/mol. The van der Waals surface area contributed by atoms with Crippen molar-refractivity contribution in [2.24, 2.45) is 23.7 Å². The van der Waals surface area contributed by atoms with Crippen molar-refractivity contribution in [2.75, 3.05) is 13.2 Å². The Morgan fingerprint density at radius 3 is 2.65 bits per heavy atom. The number of nitrogens with one attached hydrogen (secondary N) is 1. The van der Waals surface area contributed by atoms with Crippen LogP contribution in [0.3, 0.4) is 0 Å². The van der Waals surface area contributed by atoms with Gasteiger partial charge in [-0.15, -0.1) is 5.10 Å². The number of hydrogen-bond donors (Lipinski definition) is 1. The molecule has 2 aliphatic carbocycles. The van der Waals surface area contributed by atoms with Crippen molar-refractivity contribution in [3.8, 4) is 0 Å². The first-order valence-corrected chi connectivity index (χ1v) is 10.3. The molecule has 0 aromatic carbocycles. The monoisotopic (exact) mass is 362 g/mol. The van der Waals surface area contributed by atoms with Gasteiger partial charge < -0.3 is 10.1 Å². The van der Waals surface area contributed by atoms with E-state index < -0.39 is 0 Å². The van der Waals surface area contributed by atoms with Crippen LogP contribution >= 0.6 is 0 Å². The van der Waals surface area contributed by atoms with E-state index in [0.29, 0.717) is 42.9 Å². The summed E-state index contributed by atoms with van der Waals surface area (Å²) in [6, 6.07) is 0.360. The Kier molecular flexibility index (Phi) is 6.20. The number of rotatable bonds is 7. The zero-order chi connectivity index (χ0) is 18.7. The minimum atomic E-state index is -0.256. The summed E-state index contributed by atoms with van der Waals surface area (Å²) in [5.74, 6) is 2.58. The maximum Gasteiger partial charge on any atom is 0.407 e. The molecule has 1 N–H and O–H groups in total. The summed E-state index contributed by atoms with van der Waals surface area (Å²) in [5, 5.41) is 11.6. The lowest BCUT2D eigenvalue weighted by Crippen LogP contribution is -2.26. The molecule has 1 saturated carbocycles. The average Bonchev–Trinajstić information content (AvgIpc) is 3.05. The Bertz CT molecular complexity index is 611. The maximum atomic E-state index is 11.9. The van der Waals surface area contributed by atoms with Gasteiger partial charge in [-0.05, 0) is 76.0 Å². The fourth-order valence-corrected chi connectivity index (χ4v) is 4.37. The normalized spacial score (nSPS) is 24.6. The van der Waals surface area contributed by atoms with E-state index in [1.807, 2.05) is 0 Å². The van der Waals surface area contributed by atoms with Gasteiger partial charge in [0.1, 0.15) is 0 Å². The number of ether oxygens (including phenoxy) is 1. The number of fused-ring (bicyclic) bond motifs is 2. The molecule has 2 aliphatic rings. The van der Waals surface area contributed by atoms with E-state index in [1.165, 1.54) is 11.4 Å². The highest BCUT2D eigenvalue weighted by Crippen LogP contribution is 2.52. The standard InChI is InChI=1S/C20H34N4O2/c1-13(2)6-5-11-21-20(25)26-12-17-15-7-9-18-19(10-8-16(15)17)24(14(3)4)23-22-18/h13-17H,5-12H2,1-4H3,(H,21,25). The second kappa shape index (κ2) is 8.40. The third-order valence-corrected chi connectivity index (χ3v) is 5.93. The van der Waals surface area contributed by atoms with Crippen LogP contribution in [0, 0.1) is 23.7 Å². The molecular formula is C20H34N4O2. The largest absolute Gasteiger partial charge is 0.449 e. The van der Waals surface area contributed by atoms with Gasteiger partial charge >= 0.3 is 6.09 Å². The number of alkyl carbamates (subject to hydrolysis) is 1. The lowest BCUT2D eigenvalue weighted by atomic mass is 10.0. The van der Waals surface area contributed by atoms with Gasteiger partial charge in [0.15, 0.2) is 0 Å². The number of nitrogens with zero attached hydrogens (tertiary/aromatic N) is 3. The van der Waals surface area contributed by atoms with Crippen molar-refractivity contribution in [1.29, 1.82) is 0 Å². The van der Waals surface area contributed by atoms with Crippen LogP contribution < -0.4 is 5.32 Å². The number of hydrogen-bond acceptors (Lipinski definition) is 4. The smallest absolute Gasteiger partial charge is 0.407 e. The third kappa shape index (κ3) is 4.57. The fraction of sp³-hybridized carbons (Fsp3) is 0.850. The Labute approximate surface area is 157 Å². The second-order valence-corrected chi connectivity index (χ2v) is 8.65. The summed E-state index contributed by atoms with van der Waals surface area (Å²) in [6.07, 6.45) is 6.23. The van der Waals surface area contributed by atoms with Gasteiger partial charge in [-0.2, -0.15) is 0 Å². The molecule has 26 heavy (non-hydrogen) atoms. The van der Waals surface area contributed by atoms with E-state index in [9.17, 15) is 4.79 Å². The summed E-state index contributed by atoms with van der Waals surface area (Å²) < 4.78 is 7.56. The molecule has 0 radical (unpaired) electrons. The van der Waals surface area contributed by atoms with Crippen LogP contribution in [0.4, 0.5) is 4.79 Å². The van der Waals surface area contributed by atoms with Gasteiger partial charge in [0.2, 0.25) is 0 Å². The highest BCUT2D eigenvalue weighted by atomic mass is 16.5. The first-order chi connectivity index (χ1) is 12.5. The van der Waals surface area contributed by atoms with Crippen LogP contribution in [0.2, 0.25) is 0 Å². The molecule has 1 amide bonds. The molecule has 0 spiro atoms. The summed E-state index contributed by atoms with van der Waals surface area (Å²) in [5.41, 5.74) is 2.49. The summed E-state index contributed by atoms with van der Waals surface area (Å²) in [4.78, 5) is 11.9. The van der Waals surface area contributed by atoms with E-state index in [1.54, 1.807) is 0 Å². The van der Waals surface area contributed by atoms with Crippen molar-refractivity contribution < 1.29 is 9.53 Å². The van der Waals surface area contributed by atoms with Gasteiger partial charge in [-0.1, -0.05) is 19.1 Å². The molecule has 1 fully saturated rings. The Morgan fingerprint density at radius 2 is 1.96 bits per heavy atom. The SMILES string of the molecule is CC(C)CCCNC(=O)OCC1C2CCc3nnn(C(C)C)c3CCC21. The van der Waals surface area contributed by atoms with Crippen molar-refractivity contribution >= 4 is 6.09 Å². The molecule has 6 nitrogen and oxygen atoms in total. The van der Waals surface area contributed by atoms with Crippen LogP contribution in [-0.2, 0) is 17.6 Å². The summed E-state index contributed by atoms with van der Waals surface area (Å²) in [7, 11) is 0. The number of aromatic nitrogens is 3. The molecule has 1 aromatic heterocycles. The van der Waals surface area contributed by atoms with Gasteiger partial charge in [0.05, 0.1) is 18.0 Å². The van der Waals surface area contributed by atoms with Crippen LogP contribution in [0.1, 0.15) is 70.8 Å². The summed E-state index contributed by atoms with van der Waals surface area (Å²) in [6.45, 7) is 9.98. The molecule has 3 unspecified atom stereocenters. The third-order valence-electron chi connectivity index (χ3n) is 5.93. The summed E-state index contributed by atoms with van der Waals surface area (Å²) >= 11 is 0.